The van der Waals surface area contributed by atoms with Gasteiger partial charge in [-0.25, -0.2) is 8.42 Å². The van der Waals surface area contributed by atoms with Crippen molar-refractivity contribution in [3.63, 3.8) is 0 Å². The van der Waals surface area contributed by atoms with Crippen LogP contribution in [0, 0.1) is 0 Å². The number of nitrogens with zero attached hydrogens (tertiary/aromatic N) is 3. The Morgan fingerprint density at radius 3 is 2.32 bits per heavy atom. The standard InChI is InChI=1S/C21H25ClN4O4S/c1-24-14-16(31(29,30)26-10-4-5-11-26)13-19(24)20(27)23-18-7-6-15(22)12-17(18)21(28)25-8-2-3-9-25/h6-7,12-14H,2-5,8-11H2,1H3,(H,23,27). The molecule has 0 radical (unpaired) electrons. The summed E-state index contributed by atoms with van der Waals surface area (Å²) in [5.41, 5.74) is 0.852. The van der Waals surface area contributed by atoms with Crippen LogP contribution in [0.5, 0.6) is 0 Å². The van der Waals surface area contributed by atoms with Crippen molar-refractivity contribution in [1.82, 2.24) is 13.8 Å². The van der Waals surface area contributed by atoms with Crippen LogP contribution in [-0.2, 0) is 17.1 Å². The van der Waals surface area contributed by atoms with Gasteiger partial charge in [0, 0.05) is 44.4 Å². The molecule has 0 saturated carbocycles. The minimum atomic E-state index is -3.63. The Kier molecular flexibility index (Phi) is 6.09. The third-order valence-electron chi connectivity index (χ3n) is 5.77. The molecule has 0 bridgehead atoms. The number of amides is 2. The van der Waals surface area contributed by atoms with Gasteiger partial charge in [0.15, 0.2) is 0 Å². The Bertz CT molecular complexity index is 1120. The van der Waals surface area contributed by atoms with Crippen LogP contribution in [0.15, 0.2) is 35.4 Å². The summed E-state index contributed by atoms with van der Waals surface area (Å²) in [4.78, 5) is 27.7. The Labute approximate surface area is 186 Å². The number of halogens is 1. The number of anilines is 1. The van der Waals surface area contributed by atoms with Gasteiger partial charge in [0.05, 0.1) is 11.3 Å². The second-order valence-electron chi connectivity index (χ2n) is 7.93. The first-order valence-corrected chi connectivity index (χ1v) is 12.2. The first-order valence-electron chi connectivity index (χ1n) is 10.3. The van der Waals surface area contributed by atoms with Crippen LogP contribution >= 0.6 is 11.6 Å². The predicted molar refractivity (Wildman–Crippen MR) is 118 cm³/mol. The Hall–Kier alpha value is -2.36. The number of aromatic nitrogens is 1. The summed E-state index contributed by atoms with van der Waals surface area (Å²) < 4.78 is 28.6. The minimum absolute atomic E-state index is 0.0894. The van der Waals surface area contributed by atoms with E-state index in [9.17, 15) is 18.0 Å². The summed E-state index contributed by atoms with van der Waals surface area (Å²) in [6.07, 6.45) is 5.02. The molecule has 2 fully saturated rings. The monoisotopic (exact) mass is 464 g/mol. The van der Waals surface area contributed by atoms with Crippen molar-refractivity contribution < 1.29 is 18.0 Å². The second-order valence-corrected chi connectivity index (χ2v) is 10.3. The molecule has 3 heterocycles. The highest BCUT2D eigenvalue weighted by atomic mass is 35.5. The Morgan fingerprint density at radius 1 is 1.00 bits per heavy atom. The summed E-state index contributed by atoms with van der Waals surface area (Å²) >= 11 is 6.10. The van der Waals surface area contributed by atoms with Crippen molar-refractivity contribution >= 4 is 39.1 Å². The van der Waals surface area contributed by atoms with Gasteiger partial charge in [-0.15, -0.1) is 0 Å². The molecule has 0 aliphatic carbocycles. The van der Waals surface area contributed by atoms with E-state index in [4.69, 9.17) is 11.6 Å². The Balaban J connectivity index is 1.59. The first-order chi connectivity index (χ1) is 14.8. The molecule has 166 valence electrons. The number of hydrogen-bond acceptors (Lipinski definition) is 4. The normalized spacial score (nSPS) is 17.3. The van der Waals surface area contributed by atoms with Crippen molar-refractivity contribution in [2.24, 2.45) is 7.05 Å². The van der Waals surface area contributed by atoms with Gasteiger partial charge in [-0.2, -0.15) is 4.31 Å². The van der Waals surface area contributed by atoms with Gasteiger partial charge in [0.2, 0.25) is 10.0 Å². The van der Waals surface area contributed by atoms with Crippen LogP contribution in [0.3, 0.4) is 0 Å². The number of benzene rings is 1. The van der Waals surface area contributed by atoms with E-state index in [-0.39, 0.29) is 16.5 Å². The zero-order chi connectivity index (χ0) is 22.2. The highest BCUT2D eigenvalue weighted by Crippen LogP contribution is 2.26. The summed E-state index contributed by atoms with van der Waals surface area (Å²) in [6, 6.07) is 6.12. The number of aryl methyl sites for hydroxylation is 1. The van der Waals surface area contributed by atoms with Crippen molar-refractivity contribution in [3.8, 4) is 0 Å². The molecule has 1 aromatic heterocycles. The summed E-state index contributed by atoms with van der Waals surface area (Å²) in [7, 11) is -2.01. The summed E-state index contributed by atoms with van der Waals surface area (Å²) in [6.45, 7) is 2.33. The van der Waals surface area contributed by atoms with Gasteiger partial charge in [0.25, 0.3) is 11.8 Å². The molecule has 1 aromatic carbocycles. The molecular weight excluding hydrogens is 440 g/mol. The smallest absolute Gasteiger partial charge is 0.272 e. The zero-order valence-electron chi connectivity index (χ0n) is 17.3. The van der Waals surface area contributed by atoms with Crippen LogP contribution in [0.4, 0.5) is 5.69 Å². The van der Waals surface area contributed by atoms with Crippen molar-refractivity contribution in [1.29, 1.82) is 0 Å². The number of carbonyl (C=O) groups is 2. The van der Waals surface area contributed by atoms with Crippen molar-refractivity contribution in [2.75, 3.05) is 31.5 Å². The topological polar surface area (TPSA) is 91.7 Å². The lowest BCUT2D eigenvalue weighted by Crippen LogP contribution is -2.29. The van der Waals surface area contributed by atoms with Crippen LogP contribution in [0.1, 0.15) is 46.5 Å². The number of hydrogen-bond donors (Lipinski definition) is 1. The summed E-state index contributed by atoms with van der Waals surface area (Å²) in [5, 5.41) is 3.16. The molecule has 10 heteroatoms. The molecule has 2 saturated heterocycles. The first kappa shape index (κ1) is 21.9. The lowest BCUT2D eigenvalue weighted by Gasteiger charge is -2.18. The average molecular weight is 465 g/mol. The fraction of sp³-hybridized carbons (Fsp3) is 0.429. The third kappa shape index (κ3) is 4.35. The maximum absolute atomic E-state index is 13.0. The lowest BCUT2D eigenvalue weighted by atomic mass is 10.1. The van der Waals surface area contributed by atoms with Crippen LogP contribution in [0.2, 0.25) is 5.02 Å². The molecule has 8 nitrogen and oxygen atoms in total. The molecule has 4 rings (SSSR count). The van der Waals surface area contributed by atoms with Gasteiger partial charge < -0.3 is 14.8 Å². The number of sulfonamides is 1. The lowest BCUT2D eigenvalue weighted by molar-refractivity contribution is 0.0794. The quantitative estimate of drug-likeness (QED) is 0.736. The second kappa shape index (κ2) is 8.64. The average Bonchev–Trinajstić information content (AvgIpc) is 3.50. The fourth-order valence-electron chi connectivity index (χ4n) is 4.06. The molecule has 0 unspecified atom stereocenters. The largest absolute Gasteiger partial charge is 0.345 e. The van der Waals surface area contributed by atoms with E-state index in [0.717, 1.165) is 25.7 Å². The predicted octanol–water partition coefficient (Wildman–Crippen LogP) is 2.95. The zero-order valence-corrected chi connectivity index (χ0v) is 18.9. The van der Waals surface area contributed by atoms with E-state index in [0.29, 0.717) is 42.5 Å². The van der Waals surface area contributed by atoms with Gasteiger partial charge in [-0.3, -0.25) is 9.59 Å². The SMILES string of the molecule is Cn1cc(S(=O)(=O)N2CCCC2)cc1C(=O)Nc1ccc(Cl)cc1C(=O)N1CCCC1. The molecule has 1 N–H and O–H groups in total. The highest BCUT2D eigenvalue weighted by Gasteiger charge is 2.30. The van der Waals surface area contributed by atoms with E-state index in [2.05, 4.69) is 5.32 Å². The fourth-order valence-corrected chi connectivity index (χ4v) is 5.82. The van der Waals surface area contributed by atoms with E-state index < -0.39 is 15.9 Å². The molecular formula is C21H25ClN4O4S. The number of carbonyl (C=O) groups excluding carboxylic acids is 2. The molecule has 2 aliphatic heterocycles. The third-order valence-corrected chi connectivity index (χ3v) is 7.87. The Morgan fingerprint density at radius 2 is 1.65 bits per heavy atom. The van der Waals surface area contributed by atoms with Gasteiger partial charge in [-0.1, -0.05) is 11.6 Å². The molecule has 0 spiro atoms. The van der Waals surface area contributed by atoms with Crippen LogP contribution < -0.4 is 5.32 Å². The van der Waals surface area contributed by atoms with Crippen molar-refractivity contribution in [2.45, 2.75) is 30.6 Å². The van der Waals surface area contributed by atoms with Gasteiger partial charge in [-0.05, 0) is 49.9 Å². The number of likely N-dealkylation sites (tertiary alicyclic amines) is 1. The number of rotatable bonds is 5. The van der Waals surface area contributed by atoms with E-state index in [1.54, 1.807) is 30.1 Å². The van der Waals surface area contributed by atoms with Gasteiger partial charge >= 0.3 is 0 Å². The van der Waals surface area contributed by atoms with E-state index in [1.807, 2.05) is 0 Å². The van der Waals surface area contributed by atoms with Gasteiger partial charge in [0.1, 0.15) is 10.6 Å². The molecule has 2 amide bonds. The molecule has 2 aliphatic rings. The summed E-state index contributed by atoms with van der Waals surface area (Å²) in [5.74, 6) is -0.678. The molecule has 2 aromatic rings. The molecule has 31 heavy (non-hydrogen) atoms. The van der Waals surface area contributed by atoms with Crippen LogP contribution in [-0.4, -0.2) is 60.2 Å². The van der Waals surface area contributed by atoms with Crippen molar-refractivity contribution in [3.05, 3.63) is 46.7 Å². The minimum Gasteiger partial charge on any atom is -0.345 e. The maximum atomic E-state index is 13.0. The molecule has 0 atom stereocenters. The van der Waals surface area contributed by atoms with E-state index >= 15 is 0 Å². The van der Waals surface area contributed by atoms with Crippen LogP contribution in [0.25, 0.3) is 0 Å². The maximum Gasteiger partial charge on any atom is 0.272 e. The number of nitrogens with one attached hydrogen (secondary N) is 1. The van der Waals surface area contributed by atoms with E-state index in [1.165, 1.54) is 21.1 Å². The highest BCUT2D eigenvalue weighted by molar-refractivity contribution is 7.89.